The highest BCUT2D eigenvalue weighted by atomic mass is 16.1. The van der Waals surface area contributed by atoms with E-state index in [2.05, 4.69) is 15.1 Å². The number of carbonyl (C=O) groups is 1. The van der Waals surface area contributed by atoms with Crippen LogP contribution in [0.5, 0.6) is 0 Å². The van der Waals surface area contributed by atoms with Gasteiger partial charge in [0.15, 0.2) is 11.7 Å². The van der Waals surface area contributed by atoms with Gasteiger partial charge in [-0.3, -0.25) is 14.3 Å². The van der Waals surface area contributed by atoms with Gasteiger partial charge in [0.1, 0.15) is 5.82 Å². The molecule has 1 unspecified atom stereocenters. The van der Waals surface area contributed by atoms with Crippen LogP contribution >= 0.6 is 0 Å². The topological polar surface area (TPSA) is 104 Å². The van der Waals surface area contributed by atoms with Gasteiger partial charge in [0, 0.05) is 18.4 Å². The summed E-state index contributed by atoms with van der Waals surface area (Å²) in [6.45, 7) is 0.276. The van der Waals surface area contributed by atoms with Crippen LogP contribution in [-0.4, -0.2) is 25.5 Å². The van der Waals surface area contributed by atoms with Crippen molar-refractivity contribution in [2.75, 3.05) is 0 Å². The Morgan fingerprint density at radius 2 is 1.96 bits per heavy atom. The molecule has 1 N–H and O–H groups in total. The van der Waals surface area contributed by atoms with Crippen molar-refractivity contribution in [2.45, 2.75) is 18.9 Å². The Balaban J connectivity index is 1.57. The summed E-state index contributed by atoms with van der Waals surface area (Å²) in [7, 11) is 0. The molecule has 0 amide bonds. The van der Waals surface area contributed by atoms with E-state index in [0.29, 0.717) is 22.2 Å². The molecule has 0 aliphatic rings. The highest BCUT2D eigenvalue weighted by Crippen LogP contribution is 2.19. The average molecular weight is 357 g/mol. The number of H-pyrrole nitrogens is 1. The summed E-state index contributed by atoms with van der Waals surface area (Å²) in [4.78, 5) is 31.9. The van der Waals surface area contributed by atoms with Crippen molar-refractivity contribution in [1.29, 1.82) is 5.26 Å². The van der Waals surface area contributed by atoms with E-state index in [1.54, 1.807) is 22.9 Å². The van der Waals surface area contributed by atoms with Crippen molar-refractivity contribution in [3.63, 3.8) is 0 Å². The third-order valence-corrected chi connectivity index (χ3v) is 4.46. The summed E-state index contributed by atoms with van der Waals surface area (Å²) >= 11 is 0. The number of fused-ring (bicyclic) bond motifs is 2. The Morgan fingerprint density at radius 1 is 1.19 bits per heavy atom. The van der Waals surface area contributed by atoms with Crippen molar-refractivity contribution in [3.8, 4) is 6.07 Å². The Morgan fingerprint density at radius 3 is 2.78 bits per heavy atom. The van der Waals surface area contributed by atoms with Crippen molar-refractivity contribution in [3.05, 3.63) is 70.8 Å². The molecule has 0 aliphatic heterocycles. The lowest BCUT2D eigenvalue weighted by molar-refractivity contribution is -0.119. The van der Waals surface area contributed by atoms with E-state index in [9.17, 15) is 14.9 Å². The number of nitrogens with one attached hydrogen (secondary N) is 1. The zero-order chi connectivity index (χ0) is 18.8. The number of nitrogens with zero attached hydrogens (tertiary/aromatic N) is 4. The Hall–Kier alpha value is -3.79. The number of hydrogen-bond acceptors (Lipinski definition) is 5. The summed E-state index contributed by atoms with van der Waals surface area (Å²) in [5.74, 6) is -0.870. The van der Waals surface area contributed by atoms with E-state index in [0.717, 1.165) is 5.52 Å². The highest BCUT2D eigenvalue weighted by molar-refractivity contribution is 5.89. The maximum atomic E-state index is 12.6. The fourth-order valence-electron chi connectivity index (χ4n) is 3.09. The number of aryl methyl sites for hydroxylation is 1. The number of aromatic nitrogens is 4. The molecule has 4 aromatic rings. The van der Waals surface area contributed by atoms with Gasteiger partial charge in [-0.05, 0) is 24.3 Å². The number of aromatic amines is 1. The van der Waals surface area contributed by atoms with Gasteiger partial charge < -0.3 is 4.98 Å². The third-order valence-electron chi connectivity index (χ3n) is 4.46. The first-order valence-corrected chi connectivity index (χ1v) is 8.49. The Labute approximate surface area is 153 Å². The van der Waals surface area contributed by atoms with Crippen LogP contribution in [0.15, 0.2) is 59.5 Å². The molecule has 0 fully saturated rings. The van der Waals surface area contributed by atoms with E-state index >= 15 is 0 Å². The summed E-state index contributed by atoms with van der Waals surface area (Å²) in [6.07, 6.45) is 1.35. The molecule has 1 atom stereocenters. The highest BCUT2D eigenvalue weighted by Gasteiger charge is 2.23. The van der Waals surface area contributed by atoms with Crippen molar-refractivity contribution >= 4 is 27.7 Å². The van der Waals surface area contributed by atoms with Crippen LogP contribution in [0.1, 0.15) is 18.2 Å². The second kappa shape index (κ2) is 6.84. The Kier molecular flexibility index (Phi) is 4.22. The van der Waals surface area contributed by atoms with Gasteiger partial charge in [-0.15, -0.1) is 0 Å². The molecule has 4 rings (SSSR count). The summed E-state index contributed by atoms with van der Waals surface area (Å²) in [5.41, 5.74) is 2.00. The maximum absolute atomic E-state index is 12.6. The predicted octanol–water partition coefficient (Wildman–Crippen LogP) is 2.54. The number of imidazole rings is 1. The summed E-state index contributed by atoms with van der Waals surface area (Å²) in [6, 6.07) is 16.5. The van der Waals surface area contributed by atoms with Crippen LogP contribution in [0.25, 0.3) is 21.9 Å². The fraction of sp³-hybridized carbons (Fsp3) is 0.150. The van der Waals surface area contributed by atoms with E-state index in [4.69, 9.17) is 0 Å². The second-order valence-corrected chi connectivity index (χ2v) is 6.17. The average Bonchev–Trinajstić information content (AvgIpc) is 3.12. The first-order valence-electron chi connectivity index (χ1n) is 8.49. The number of hydrogen-bond donors (Lipinski definition) is 1. The second-order valence-electron chi connectivity index (χ2n) is 6.17. The molecule has 0 saturated carbocycles. The van der Waals surface area contributed by atoms with Gasteiger partial charge >= 0.3 is 0 Å². The smallest absolute Gasteiger partial charge is 0.207 e. The Bertz CT molecular complexity index is 1220. The van der Waals surface area contributed by atoms with Crippen LogP contribution in [0, 0.1) is 11.3 Å². The molecule has 132 valence electrons. The molecule has 0 spiro atoms. The quantitative estimate of drug-likeness (QED) is 0.591. The van der Waals surface area contributed by atoms with Gasteiger partial charge in [0.25, 0.3) is 0 Å². The molecule has 7 heteroatoms. The minimum Gasteiger partial charge on any atom is -0.340 e. The van der Waals surface area contributed by atoms with Crippen LogP contribution < -0.4 is 5.43 Å². The molecule has 0 aliphatic carbocycles. The zero-order valence-corrected chi connectivity index (χ0v) is 14.3. The molecule has 27 heavy (non-hydrogen) atoms. The normalized spacial score (nSPS) is 12.1. The van der Waals surface area contributed by atoms with Crippen molar-refractivity contribution in [2.24, 2.45) is 0 Å². The third kappa shape index (κ3) is 3.09. The lowest BCUT2D eigenvalue weighted by Gasteiger charge is -2.10. The van der Waals surface area contributed by atoms with Gasteiger partial charge in [-0.25, -0.2) is 4.98 Å². The monoisotopic (exact) mass is 357 g/mol. The maximum Gasteiger partial charge on any atom is 0.207 e. The molecular formula is C20H15N5O2. The van der Waals surface area contributed by atoms with Crippen LogP contribution in [0.3, 0.4) is 0 Å². The number of rotatable bonds is 5. The molecule has 2 aromatic heterocycles. The standard InChI is InChI=1S/C20H15N5O2/c21-11-14(20-23-15-6-2-3-7-16(15)24-20)18(26)9-10-25-17-8-4-1-5-13(17)19(27)12-22-25/h1-8,12,14H,9-10H2,(H,23,24). The van der Waals surface area contributed by atoms with Crippen molar-refractivity contribution in [1.82, 2.24) is 19.7 Å². The molecule has 0 radical (unpaired) electrons. The molecule has 2 aromatic carbocycles. The molecule has 7 nitrogen and oxygen atoms in total. The van der Waals surface area contributed by atoms with E-state index in [1.165, 1.54) is 6.20 Å². The first-order chi connectivity index (χ1) is 13.2. The number of benzene rings is 2. The summed E-state index contributed by atoms with van der Waals surface area (Å²) in [5, 5.41) is 14.2. The van der Waals surface area contributed by atoms with E-state index in [1.807, 2.05) is 36.4 Å². The largest absolute Gasteiger partial charge is 0.340 e. The number of carbonyl (C=O) groups excluding carboxylic acids is 1. The lowest BCUT2D eigenvalue weighted by atomic mass is 10.0. The van der Waals surface area contributed by atoms with Crippen LogP contribution in [0.2, 0.25) is 0 Å². The fourth-order valence-corrected chi connectivity index (χ4v) is 3.09. The van der Waals surface area contributed by atoms with E-state index < -0.39 is 5.92 Å². The van der Waals surface area contributed by atoms with Crippen LogP contribution in [-0.2, 0) is 11.3 Å². The molecule has 2 heterocycles. The number of Topliss-reactive ketones (excluding diaryl/α,β-unsaturated/α-hetero) is 1. The van der Waals surface area contributed by atoms with Gasteiger partial charge in [0.2, 0.25) is 5.43 Å². The predicted molar refractivity (Wildman–Crippen MR) is 100 cm³/mol. The summed E-state index contributed by atoms with van der Waals surface area (Å²) < 4.78 is 1.61. The van der Waals surface area contributed by atoms with E-state index in [-0.39, 0.29) is 24.2 Å². The molecule has 0 saturated heterocycles. The van der Waals surface area contributed by atoms with Gasteiger partial charge in [-0.1, -0.05) is 24.3 Å². The number of para-hydroxylation sites is 3. The van der Waals surface area contributed by atoms with Crippen molar-refractivity contribution < 1.29 is 4.79 Å². The van der Waals surface area contributed by atoms with Gasteiger partial charge in [-0.2, -0.15) is 10.4 Å². The molecular weight excluding hydrogens is 342 g/mol. The molecule has 0 bridgehead atoms. The SMILES string of the molecule is N#CC(C(=O)CCn1ncc(=O)c2ccccc21)c1nc2ccccc2[nH]1. The lowest BCUT2D eigenvalue weighted by Crippen LogP contribution is -2.18. The van der Waals surface area contributed by atoms with Crippen LogP contribution in [0.4, 0.5) is 0 Å². The zero-order valence-electron chi connectivity index (χ0n) is 14.3. The minimum atomic E-state index is -0.969. The number of ketones is 1. The first kappa shape index (κ1) is 16.7. The number of nitriles is 1. The van der Waals surface area contributed by atoms with Gasteiger partial charge in [0.05, 0.1) is 28.8 Å². The minimum absolute atomic E-state index is 0.106.